The lowest BCUT2D eigenvalue weighted by Crippen LogP contribution is -2.51. The Morgan fingerprint density at radius 1 is 1.36 bits per heavy atom. The molecular formula is C16H22FN5O3. The minimum absolute atomic E-state index is 0.431. The normalized spacial score (nSPS) is 35.4. The molecule has 4 rings (SSSR count). The van der Waals surface area contributed by atoms with Crippen molar-refractivity contribution < 1.29 is 19.3 Å². The van der Waals surface area contributed by atoms with Crippen molar-refractivity contribution in [3.05, 3.63) is 12.7 Å². The summed E-state index contributed by atoms with van der Waals surface area (Å²) < 4.78 is 22.5. The number of aromatic nitrogens is 4. The molecule has 1 aliphatic heterocycles. The van der Waals surface area contributed by atoms with E-state index in [2.05, 4.69) is 19.9 Å². The lowest BCUT2D eigenvalue weighted by atomic mass is 9.85. The van der Waals surface area contributed by atoms with E-state index in [0.29, 0.717) is 23.0 Å². The first-order chi connectivity index (χ1) is 11.8. The topological polar surface area (TPSA) is 96.5 Å². The Hall–Kier alpha value is -1.84. The van der Waals surface area contributed by atoms with Crippen LogP contribution in [0.25, 0.3) is 11.2 Å². The lowest BCUT2D eigenvalue weighted by molar-refractivity contribution is -0.0891. The van der Waals surface area contributed by atoms with Crippen molar-refractivity contribution >= 4 is 17.0 Å². The molecule has 136 valence electrons. The van der Waals surface area contributed by atoms with Crippen LogP contribution in [-0.2, 0) is 4.74 Å². The third-order valence-electron chi connectivity index (χ3n) is 5.56. The molecule has 2 fully saturated rings. The number of fused-ring (bicyclic) bond motifs is 1. The fraction of sp³-hybridized carbons (Fsp3) is 0.688. The predicted octanol–water partition coefficient (Wildman–Crippen LogP) is 0.794. The first-order valence-corrected chi connectivity index (χ1v) is 8.37. The van der Waals surface area contributed by atoms with Gasteiger partial charge in [0.2, 0.25) is 0 Å². The summed E-state index contributed by atoms with van der Waals surface area (Å²) in [5.41, 5.74) is -2.99. The van der Waals surface area contributed by atoms with Gasteiger partial charge in [0.05, 0.1) is 12.9 Å². The van der Waals surface area contributed by atoms with Gasteiger partial charge in [0, 0.05) is 13.1 Å². The van der Waals surface area contributed by atoms with Crippen LogP contribution in [0.4, 0.5) is 10.2 Å². The maximum Gasteiger partial charge on any atom is 0.183 e. The van der Waals surface area contributed by atoms with Crippen LogP contribution in [0.3, 0.4) is 0 Å². The van der Waals surface area contributed by atoms with Gasteiger partial charge >= 0.3 is 0 Å². The van der Waals surface area contributed by atoms with E-state index in [1.807, 2.05) is 7.05 Å². The molecule has 2 aliphatic rings. The molecule has 1 aliphatic carbocycles. The Labute approximate surface area is 144 Å². The van der Waals surface area contributed by atoms with Crippen LogP contribution in [0.1, 0.15) is 32.9 Å². The number of aliphatic hydroxyl groups excluding tert-OH is 1. The maximum atomic E-state index is 15.4. The van der Waals surface area contributed by atoms with E-state index in [9.17, 15) is 10.2 Å². The van der Waals surface area contributed by atoms with Crippen molar-refractivity contribution in [2.45, 2.75) is 56.3 Å². The second-order valence-electron chi connectivity index (χ2n) is 7.25. The highest BCUT2D eigenvalue weighted by Gasteiger charge is 2.63. The van der Waals surface area contributed by atoms with Crippen LogP contribution in [0.5, 0.6) is 0 Å². The van der Waals surface area contributed by atoms with Crippen LogP contribution < -0.4 is 4.90 Å². The summed E-state index contributed by atoms with van der Waals surface area (Å²) in [6.07, 6.45) is 2.89. The SMILES string of the molecule is CN(c1ncnc2c1ncn2[C@@H]1O[C@H](CO)[C@](C)(O)[C@@]1(C)F)C1CC1. The van der Waals surface area contributed by atoms with E-state index in [0.717, 1.165) is 12.8 Å². The van der Waals surface area contributed by atoms with E-state index < -0.39 is 30.2 Å². The maximum absolute atomic E-state index is 15.4. The Kier molecular flexibility index (Phi) is 3.54. The molecule has 4 atom stereocenters. The zero-order valence-corrected chi connectivity index (χ0v) is 14.4. The number of alkyl halides is 1. The van der Waals surface area contributed by atoms with Gasteiger partial charge in [-0.05, 0) is 26.7 Å². The van der Waals surface area contributed by atoms with Crippen molar-refractivity contribution in [1.29, 1.82) is 0 Å². The monoisotopic (exact) mass is 351 g/mol. The molecule has 25 heavy (non-hydrogen) atoms. The Bertz CT molecular complexity index is 804. The van der Waals surface area contributed by atoms with Gasteiger partial charge in [-0.2, -0.15) is 0 Å². The number of anilines is 1. The Morgan fingerprint density at radius 2 is 2.08 bits per heavy atom. The summed E-state index contributed by atoms with van der Waals surface area (Å²) in [6, 6.07) is 0.442. The second-order valence-corrected chi connectivity index (χ2v) is 7.25. The molecule has 0 aromatic carbocycles. The number of imidazole rings is 1. The average molecular weight is 351 g/mol. The van der Waals surface area contributed by atoms with Gasteiger partial charge in [-0.3, -0.25) is 4.57 Å². The summed E-state index contributed by atoms with van der Waals surface area (Å²) in [4.78, 5) is 15.0. The first-order valence-electron chi connectivity index (χ1n) is 8.37. The van der Waals surface area contributed by atoms with Crippen molar-refractivity contribution in [3.8, 4) is 0 Å². The van der Waals surface area contributed by atoms with Gasteiger partial charge in [0.15, 0.2) is 28.9 Å². The summed E-state index contributed by atoms with van der Waals surface area (Å²) >= 11 is 0. The molecule has 0 unspecified atom stereocenters. The summed E-state index contributed by atoms with van der Waals surface area (Å²) in [6.45, 7) is 2.10. The molecule has 2 aromatic heterocycles. The number of ether oxygens (including phenoxy) is 1. The summed E-state index contributed by atoms with van der Waals surface area (Å²) in [5.74, 6) is 0.690. The number of aliphatic hydroxyl groups is 2. The number of nitrogens with zero attached hydrogens (tertiary/aromatic N) is 5. The first kappa shape index (κ1) is 16.6. The average Bonchev–Trinajstić information content (AvgIpc) is 3.30. The van der Waals surface area contributed by atoms with Gasteiger partial charge < -0.3 is 19.8 Å². The number of halogens is 1. The minimum atomic E-state index is -2.14. The van der Waals surface area contributed by atoms with Crippen molar-refractivity contribution in [3.63, 3.8) is 0 Å². The fourth-order valence-corrected chi connectivity index (χ4v) is 3.43. The molecule has 2 N–H and O–H groups in total. The van der Waals surface area contributed by atoms with E-state index >= 15 is 4.39 Å². The standard InChI is InChI=1S/C16H22FN5O3/c1-15(17)14(25-10(6-23)16(15,2)24)22-8-20-11-12(18-7-19-13(11)22)21(3)9-4-5-9/h7-10,14,23-24H,4-6H2,1-3H3/t10-,14-,15+,16+/m1/s1. The van der Waals surface area contributed by atoms with Gasteiger partial charge in [-0.1, -0.05) is 0 Å². The molecule has 3 heterocycles. The van der Waals surface area contributed by atoms with Crippen LogP contribution in [-0.4, -0.2) is 66.8 Å². The van der Waals surface area contributed by atoms with Crippen LogP contribution in [0.15, 0.2) is 12.7 Å². The molecule has 0 radical (unpaired) electrons. The van der Waals surface area contributed by atoms with Crippen molar-refractivity contribution in [1.82, 2.24) is 19.5 Å². The summed E-state index contributed by atoms with van der Waals surface area (Å²) in [7, 11) is 1.95. The van der Waals surface area contributed by atoms with Crippen LogP contribution >= 0.6 is 0 Å². The summed E-state index contributed by atoms with van der Waals surface area (Å²) in [5, 5.41) is 20.0. The highest BCUT2D eigenvalue weighted by Crippen LogP contribution is 2.48. The quantitative estimate of drug-likeness (QED) is 0.841. The van der Waals surface area contributed by atoms with Gasteiger partial charge in [0.25, 0.3) is 0 Å². The molecular weight excluding hydrogens is 329 g/mol. The third-order valence-corrected chi connectivity index (χ3v) is 5.56. The third kappa shape index (κ3) is 2.26. The van der Waals surface area contributed by atoms with Crippen LogP contribution in [0.2, 0.25) is 0 Å². The Balaban J connectivity index is 1.79. The smallest absolute Gasteiger partial charge is 0.183 e. The predicted molar refractivity (Wildman–Crippen MR) is 87.9 cm³/mol. The van der Waals surface area contributed by atoms with E-state index in [4.69, 9.17) is 4.74 Å². The zero-order chi connectivity index (χ0) is 18.0. The molecule has 2 aromatic rings. The lowest BCUT2D eigenvalue weighted by Gasteiger charge is -2.32. The van der Waals surface area contributed by atoms with Crippen molar-refractivity contribution in [2.75, 3.05) is 18.6 Å². The largest absolute Gasteiger partial charge is 0.394 e. The van der Waals surface area contributed by atoms with Gasteiger partial charge in [-0.15, -0.1) is 0 Å². The molecule has 1 saturated carbocycles. The highest BCUT2D eigenvalue weighted by atomic mass is 19.1. The number of rotatable bonds is 4. The molecule has 9 heteroatoms. The second kappa shape index (κ2) is 5.33. The zero-order valence-electron chi connectivity index (χ0n) is 14.4. The van der Waals surface area contributed by atoms with E-state index in [-0.39, 0.29) is 0 Å². The number of hydrogen-bond donors (Lipinski definition) is 2. The van der Waals surface area contributed by atoms with Crippen LogP contribution in [0, 0.1) is 0 Å². The molecule has 0 amide bonds. The molecule has 0 spiro atoms. The fourth-order valence-electron chi connectivity index (χ4n) is 3.43. The molecule has 1 saturated heterocycles. The molecule has 8 nitrogen and oxygen atoms in total. The van der Waals surface area contributed by atoms with E-state index in [1.54, 1.807) is 0 Å². The van der Waals surface area contributed by atoms with Gasteiger partial charge in [-0.25, -0.2) is 19.3 Å². The molecule has 0 bridgehead atoms. The van der Waals surface area contributed by atoms with E-state index in [1.165, 1.54) is 31.1 Å². The van der Waals surface area contributed by atoms with Gasteiger partial charge in [0.1, 0.15) is 18.0 Å². The minimum Gasteiger partial charge on any atom is -0.394 e. The van der Waals surface area contributed by atoms with Crippen molar-refractivity contribution in [2.24, 2.45) is 0 Å². The number of hydrogen-bond acceptors (Lipinski definition) is 7. The Morgan fingerprint density at radius 3 is 2.68 bits per heavy atom. The highest BCUT2D eigenvalue weighted by molar-refractivity contribution is 5.83.